The Morgan fingerprint density at radius 3 is 2.73 bits per heavy atom. The van der Waals surface area contributed by atoms with Gasteiger partial charge in [0, 0.05) is 6.54 Å². The smallest absolute Gasteiger partial charge is 0.138 e. The first kappa shape index (κ1) is 12.3. The summed E-state index contributed by atoms with van der Waals surface area (Å²) in [7, 11) is 1.53. The van der Waals surface area contributed by atoms with Gasteiger partial charge in [0.2, 0.25) is 0 Å². The van der Waals surface area contributed by atoms with E-state index < -0.39 is 0 Å². The van der Waals surface area contributed by atoms with Crippen molar-refractivity contribution in [3.63, 3.8) is 0 Å². The quantitative estimate of drug-likeness (QED) is 0.641. The van der Waals surface area contributed by atoms with Crippen molar-refractivity contribution in [3.8, 4) is 5.75 Å². The Hall–Kier alpha value is -0.770. The molecule has 0 aliphatic rings. The number of aldehydes is 1. The van der Waals surface area contributed by atoms with Crippen LogP contribution in [0.25, 0.3) is 0 Å². The van der Waals surface area contributed by atoms with Gasteiger partial charge >= 0.3 is 0 Å². The maximum absolute atomic E-state index is 10.1. The van der Waals surface area contributed by atoms with Gasteiger partial charge in [-0.15, -0.1) is 0 Å². The van der Waals surface area contributed by atoms with Crippen LogP contribution in [-0.4, -0.2) is 19.9 Å². The zero-order valence-corrected chi connectivity index (χ0v) is 9.73. The van der Waals surface area contributed by atoms with Crippen molar-refractivity contribution in [2.24, 2.45) is 0 Å². The van der Waals surface area contributed by atoms with Crippen molar-refractivity contribution in [3.05, 3.63) is 27.7 Å². The normalized spacial score (nSPS) is 10.1. The van der Waals surface area contributed by atoms with Crippen LogP contribution in [0.1, 0.15) is 5.56 Å². The average molecular weight is 248 g/mol. The monoisotopic (exact) mass is 247 g/mol. The van der Waals surface area contributed by atoms with Crippen LogP contribution >= 0.6 is 23.2 Å². The molecule has 0 atom stereocenters. The Morgan fingerprint density at radius 2 is 2.13 bits per heavy atom. The molecule has 0 aliphatic heterocycles. The number of carbonyl (C=O) groups is 1. The molecular weight excluding hydrogens is 237 g/mol. The summed E-state index contributed by atoms with van der Waals surface area (Å²) in [4.78, 5) is 10.1. The summed E-state index contributed by atoms with van der Waals surface area (Å²) in [6, 6.07) is 3.55. The lowest BCUT2D eigenvalue weighted by Gasteiger charge is -2.09. The van der Waals surface area contributed by atoms with Crippen LogP contribution < -0.4 is 10.1 Å². The lowest BCUT2D eigenvalue weighted by atomic mass is 10.2. The van der Waals surface area contributed by atoms with Gasteiger partial charge < -0.3 is 14.8 Å². The first-order chi connectivity index (χ1) is 7.20. The van der Waals surface area contributed by atoms with E-state index in [1.807, 2.05) is 6.07 Å². The van der Waals surface area contributed by atoms with Gasteiger partial charge in [0.25, 0.3) is 0 Å². The number of hydrogen-bond acceptors (Lipinski definition) is 3. The minimum absolute atomic E-state index is 0.292. The van der Waals surface area contributed by atoms with E-state index in [0.717, 1.165) is 11.8 Å². The van der Waals surface area contributed by atoms with E-state index in [1.165, 1.54) is 7.11 Å². The minimum atomic E-state index is 0.292. The number of carbonyl (C=O) groups excluding carboxylic acids is 1. The molecule has 0 spiro atoms. The number of methoxy groups -OCH3 is 1. The van der Waals surface area contributed by atoms with Crippen molar-refractivity contribution in [1.82, 2.24) is 5.32 Å². The highest BCUT2D eigenvalue weighted by molar-refractivity contribution is 6.43. The van der Waals surface area contributed by atoms with Crippen molar-refractivity contribution in [1.29, 1.82) is 0 Å². The third-order valence-corrected chi connectivity index (χ3v) is 2.79. The molecule has 1 aromatic rings. The van der Waals surface area contributed by atoms with Crippen LogP contribution in [0, 0.1) is 0 Å². The van der Waals surface area contributed by atoms with Crippen LogP contribution in [-0.2, 0) is 11.3 Å². The fourth-order valence-electron chi connectivity index (χ4n) is 1.13. The van der Waals surface area contributed by atoms with E-state index in [2.05, 4.69) is 5.32 Å². The van der Waals surface area contributed by atoms with Crippen LogP contribution in [0.15, 0.2) is 12.1 Å². The summed E-state index contributed by atoms with van der Waals surface area (Å²) in [6.45, 7) is 0.793. The molecule has 0 unspecified atom stereocenters. The zero-order chi connectivity index (χ0) is 11.3. The molecule has 0 radical (unpaired) electrons. The molecule has 3 nitrogen and oxygen atoms in total. The molecular formula is C10H11Cl2NO2. The molecule has 1 rings (SSSR count). The molecule has 0 amide bonds. The molecule has 0 aliphatic carbocycles. The first-order valence-electron chi connectivity index (χ1n) is 4.36. The Bertz CT molecular complexity index is 356. The zero-order valence-electron chi connectivity index (χ0n) is 8.22. The van der Waals surface area contributed by atoms with E-state index >= 15 is 0 Å². The average Bonchev–Trinajstić information content (AvgIpc) is 2.25. The maximum Gasteiger partial charge on any atom is 0.138 e. The van der Waals surface area contributed by atoms with Crippen LogP contribution in [0.3, 0.4) is 0 Å². The molecule has 0 aromatic heterocycles. The van der Waals surface area contributed by atoms with Gasteiger partial charge in [0.15, 0.2) is 0 Å². The molecule has 15 heavy (non-hydrogen) atoms. The van der Waals surface area contributed by atoms with E-state index in [-0.39, 0.29) is 0 Å². The highest BCUT2D eigenvalue weighted by Gasteiger charge is 2.09. The van der Waals surface area contributed by atoms with E-state index in [1.54, 1.807) is 6.07 Å². The molecule has 0 heterocycles. The second-order valence-corrected chi connectivity index (χ2v) is 3.61. The Balaban J connectivity index is 2.81. The molecule has 0 saturated carbocycles. The number of halogens is 2. The Kier molecular flexibility index (Phi) is 4.88. The third kappa shape index (κ3) is 3.09. The largest absolute Gasteiger partial charge is 0.495 e. The van der Waals surface area contributed by atoms with E-state index in [4.69, 9.17) is 27.9 Å². The molecule has 1 aromatic carbocycles. The van der Waals surface area contributed by atoms with E-state index in [0.29, 0.717) is 28.9 Å². The van der Waals surface area contributed by atoms with Gasteiger partial charge in [-0.1, -0.05) is 29.3 Å². The highest BCUT2D eigenvalue weighted by Crippen LogP contribution is 2.34. The Morgan fingerprint density at radius 1 is 1.40 bits per heavy atom. The lowest BCUT2D eigenvalue weighted by Crippen LogP contribution is -2.15. The van der Waals surface area contributed by atoms with Gasteiger partial charge in [-0.25, -0.2) is 0 Å². The summed E-state index contributed by atoms with van der Waals surface area (Å²) in [6.07, 6.45) is 0.791. The van der Waals surface area contributed by atoms with Crippen molar-refractivity contribution < 1.29 is 9.53 Å². The third-order valence-electron chi connectivity index (χ3n) is 1.89. The summed E-state index contributed by atoms with van der Waals surface area (Å²) in [5.41, 5.74) is 0.837. The molecule has 1 N–H and O–H groups in total. The number of nitrogens with one attached hydrogen (secondary N) is 1. The Labute approximate surface area is 98.3 Å². The van der Waals surface area contributed by atoms with Crippen LogP contribution in [0.5, 0.6) is 5.75 Å². The molecule has 82 valence electrons. The molecule has 0 saturated heterocycles. The standard InChI is InChI=1S/C10H11Cl2NO2/c1-15-8-3-2-7(6-13-4-5-14)9(11)10(8)12/h2-3,5,13H,4,6H2,1H3. The number of rotatable bonds is 5. The second kappa shape index (κ2) is 5.95. The van der Waals surface area contributed by atoms with E-state index in [9.17, 15) is 4.79 Å². The number of ether oxygens (including phenoxy) is 1. The first-order valence-corrected chi connectivity index (χ1v) is 5.11. The van der Waals surface area contributed by atoms with Crippen LogP contribution in [0.4, 0.5) is 0 Å². The predicted octanol–water partition coefficient (Wildman–Crippen LogP) is 2.29. The highest BCUT2D eigenvalue weighted by atomic mass is 35.5. The van der Waals surface area contributed by atoms with Gasteiger partial charge in [-0.3, -0.25) is 0 Å². The fraction of sp³-hybridized carbons (Fsp3) is 0.300. The summed E-state index contributed by atoms with van der Waals surface area (Å²) >= 11 is 12.0. The molecule has 5 heteroatoms. The second-order valence-electron chi connectivity index (χ2n) is 2.85. The number of hydrogen-bond donors (Lipinski definition) is 1. The fourth-order valence-corrected chi connectivity index (χ4v) is 1.62. The van der Waals surface area contributed by atoms with Gasteiger partial charge in [0.05, 0.1) is 18.7 Å². The summed E-state index contributed by atoms with van der Waals surface area (Å²) in [5, 5.41) is 3.75. The van der Waals surface area contributed by atoms with Crippen molar-refractivity contribution >= 4 is 29.5 Å². The maximum atomic E-state index is 10.1. The molecule has 0 bridgehead atoms. The summed E-state index contributed by atoms with van der Waals surface area (Å²) in [5.74, 6) is 0.542. The minimum Gasteiger partial charge on any atom is -0.495 e. The topological polar surface area (TPSA) is 38.3 Å². The number of benzene rings is 1. The van der Waals surface area contributed by atoms with Crippen molar-refractivity contribution in [2.45, 2.75) is 6.54 Å². The summed E-state index contributed by atoms with van der Waals surface area (Å²) < 4.78 is 5.01. The van der Waals surface area contributed by atoms with Gasteiger partial charge in [-0.05, 0) is 11.6 Å². The van der Waals surface area contributed by atoms with Gasteiger partial charge in [0.1, 0.15) is 17.1 Å². The van der Waals surface area contributed by atoms with Gasteiger partial charge in [-0.2, -0.15) is 0 Å². The predicted molar refractivity (Wildman–Crippen MR) is 60.8 cm³/mol. The lowest BCUT2D eigenvalue weighted by molar-refractivity contribution is -0.107. The SMILES string of the molecule is COc1ccc(CNCC=O)c(Cl)c1Cl. The van der Waals surface area contributed by atoms with Crippen molar-refractivity contribution in [2.75, 3.05) is 13.7 Å². The molecule has 0 fully saturated rings. The van der Waals surface area contributed by atoms with Crippen LogP contribution in [0.2, 0.25) is 10.0 Å².